The summed E-state index contributed by atoms with van der Waals surface area (Å²) < 4.78 is 83.8. The molecule has 1 aliphatic rings. The fraction of sp³-hybridized carbons (Fsp3) is 0.400. The van der Waals surface area contributed by atoms with Gasteiger partial charge in [-0.1, -0.05) is 24.3 Å². The topological polar surface area (TPSA) is 54.5 Å². The zero-order valence-electron chi connectivity index (χ0n) is 16.1. The Labute approximate surface area is 174 Å². The number of alkyl halides is 6. The third-order valence-electron chi connectivity index (χ3n) is 4.68. The van der Waals surface area contributed by atoms with E-state index < -0.39 is 36.4 Å². The van der Waals surface area contributed by atoms with Gasteiger partial charge in [0, 0.05) is 18.2 Å². The molecule has 2 aromatic rings. The van der Waals surface area contributed by atoms with Crippen LogP contribution in [-0.2, 0) is 10.9 Å². The second-order valence-electron chi connectivity index (χ2n) is 7.01. The molecule has 0 radical (unpaired) electrons. The van der Waals surface area contributed by atoms with E-state index in [-0.39, 0.29) is 11.6 Å². The summed E-state index contributed by atoms with van der Waals surface area (Å²) in [6, 6.07) is 7.65. The van der Waals surface area contributed by atoms with Crippen LogP contribution < -0.4 is 10.2 Å². The summed E-state index contributed by atoms with van der Waals surface area (Å²) >= 11 is 0. The number of pyridine rings is 1. The molecule has 1 aromatic heterocycles. The van der Waals surface area contributed by atoms with Crippen molar-refractivity contribution in [2.24, 2.45) is 0 Å². The standard InChI is InChI=1S/C20H19F6N3O2/c21-19(22,23)12-29(15-7-2-1-6-14(15)13-5-4-10-31-11-13)18(30)28-17-9-3-8-16(27-17)20(24,25)26/h1-3,6-9,13H,4-5,10-12H2,(H,27,28,30). The number of rotatable bonds is 4. The minimum absolute atomic E-state index is 0.0137. The molecule has 1 atom stereocenters. The number of aromatic nitrogens is 1. The number of hydrogen-bond acceptors (Lipinski definition) is 3. The monoisotopic (exact) mass is 447 g/mol. The van der Waals surface area contributed by atoms with E-state index in [0.29, 0.717) is 36.2 Å². The fourth-order valence-corrected chi connectivity index (χ4v) is 3.35. The molecular weight excluding hydrogens is 428 g/mol. The number of para-hydroxylation sites is 1. The van der Waals surface area contributed by atoms with Crippen LogP contribution in [0.25, 0.3) is 0 Å². The summed E-state index contributed by atoms with van der Waals surface area (Å²) in [5, 5.41) is 2.05. The molecule has 168 valence electrons. The number of benzene rings is 1. The Hall–Kier alpha value is -2.82. The largest absolute Gasteiger partial charge is 0.433 e. The molecule has 5 nitrogen and oxygen atoms in total. The van der Waals surface area contributed by atoms with E-state index in [1.165, 1.54) is 12.1 Å². The maximum Gasteiger partial charge on any atom is 0.433 e. The van der Waals surface area contributed by atoms with E-state index in [4.69, 9.17) is 4.74 Å². The number of nitrogens with zero attached hydrogens (tertiary/aromatic N) is 2. The summed E-state index contributed by atoms with van der Waals surface area (Å²) in [4.78, 5) is 16.5. The quantitative estimate of drug-likeness (QED) is 0.622. The predicted molar refractivity (Wildman–Crippen MR) is 101 cm³/mol. The highest BCUT2D eigenvalue weighted by atomic mass is 19.4. The second kappa shape index (κ2) is 9.13. The molecule has 2 amide bonds. The molecule has 1 N–H and O–H groups in total. The molecule has 0 aliphatic carbocycles. The van der Waals surface area contributed by atoms with Crippen LogP contribution in [0.5, 0.6) is 0 Å². The Morgan fingerprint density at radius 3 is 2.48 bits per heavy atom. The summed E-state index contributed by atoms with van der Waals surface area (Å²) in [7, 11) is 0. The van der Waals surface area contributed by atoms with Crippen molar-refractivity contribution >= 4 is 17.5 Å². The lowest BCUT2D eigenvalue weighted by molar-refractivity contribution is -0.141. The molecule has 1 aliphatic heterocycles. The van der Waals surface area contributed by atoms with Gasteiger partial charge < -0.3 is 4.74 Å². The Balaban J connectivity index is 1.93. The summed E-state index contributed by atoms with van der Waals surface area (Å²) in [6.45, 7) is -0.775. The molecule has 1 aromatic carbocycles. The number of anilines is 2. The normalized spacial score (nSPS) is 17.3. The number of ether oxygens (including phenoxy) is 1. The summed E-state index contributed by atoms with van der Waals surface area (Å²) in [5.74, 6) is -0.717. The zero-order valence-corrected chi connectivity index (χ0v) is 16.1. The molecule has 0 saturated carbocycles. The van der Waals surface area contributed by atoms with Crippen molar-refractivity contribution in [1.29, 1.82) is 0 Å². The van der Waals surface area contributed by atoms with Gasteiger partial charge in [-0.2, -0.15) is 26.3 Å². The highest BCUT2D eigenvalue weighted by Gasteiger charge is 2.36. The number of nitrogens with one attached hydrogen (secondary N) is 1. The molecule has 0 bridgehead atoms. The molecule has 1 fully saturated rings. The molecule has 2 heterocycles. The van der Waals surface area contributed by atoms with Gasteiger partial charge in [0.2, 0.25) is 0 Å². The van der Waals surface area contributed by atoms with Gasteiger partial charge in [-0.15, -0.1) is 0 Å². The lowest BCUT2D eigenvalue weighted by atomic mass is 9.92. The lowest BCUT2D eigenvalue weighted by Gasteiger charge is -2.30. The van der Waals surface area contributed by atoms with E-state index in [1.807, 2.05) is 0 Å². The lowest BCUT2D eigenvalue weighted by Crippen LogP contribution is -2.42. The Morgan fingerprint density at radius 1 is 1.10 bits per heavy atom. The van der Waals surface area contributed by atoms with Gasteiger partial charge >= 0.3 is 18.4 Å². The van der Waals surface area contributed by atoms with E-state index >= 15 is 0 Å². The fourth-order valence-electron chi connectivity index (χ4n) is 3.35. The molecule has 31 heavy (non-hydrogen) atoms. The number of amides is 2. The highest BCUT2D eigenvalue weighted by Crippen LogP contribution is 2.35. The third kappa shape index (κ3) is 6.09. The Morgan fingerprint density at radius 2 is 1.84 bits per heavy atom. The maximum atomic E-state index is 13.3. The highest BCUT2D eigenvalue weighted by molar-refractivity contribution is 6.01. The minimum Gasteiger partial charge on any atom is -0.381 e. The van der Waals surface area contributed by atoms with Gasteiger partial charge in [-0.3, -0.25) is 10.2 Å². The first-order valence-electron chi connectivity index (χ1n) is 9.41. The van der Waals surface area contributed by atoms with E-state index in [2.05, 4.69) is 10.3 Å². The average Bonchev–Trinajstić information content (AvgIpc) is 2.71. The van der Waals surface area contributed by atoms with Crippen LogP contribution in [0.1, 0.15) is 30.0 Å². The first kappa shape index (κ1) is 22.9. The van der Waals surface area contributed by atoms with Gasteiger partial charge in [-0.05, 0) is 36.6 Å². The van der Waals surface area contributed by atoms with Crippen LogP contribution in [-0.4, -0.2) is 36.9 Å². The van der Waals surface area contributed by atoms with Crippen LogP contribution in [0.3, 0.4) is 0 Å². The van der Waals surface area contributed by atoms with Gasteiger partial charge in [0.1, 0.15) is 18.1 Å². The maximum absolute atomic E-state index is 13.3. The zero-order chi connectivity index (χ0) is 22.6. The summed E-state index contributed by atoms with van der Waals surface area (Å²) in [5.41, 5.74) is -0.758. The Kier molecular flexibility index (Phi) is 6.73. The number of carbonyl (C=O) groups is 1. The third-order valence-corrected chi connectivity index (χ3v) is 4.68. The first-order chi connectivity index (χ1) is 14.5. The number of halogens is 6. The van der Waals surface area contributed by atoms with E-state index in [1.54, 1.807) is 12.1 Å². The van der Waals surface area contributed by atoms with Crippen molar-refractivity contribution < 1.29 is 35.9 Å². The van der Waals surface area contributed by atoms with Crippen LogP contribution in [0.15, 0.2) is 42.5 Å². The SMILES string of the molecule is O=C(Nc1cccc(C(F)(F)F)n1)N(CC(F)(F)F)c1ccccc1C1CCCOC1. The molecule has 1 unspecified atom stereocenters. The van der Waals surface area contributed by atoms with Crippen molar-refractivity contribution in [3.05, 3.63) is 53.7 Å². The van der Waals surface area contributed by atoms with Crippen molar-refractivity contribution in [2.75, 3.05) is 30.0 Å². The molecule has 0 spiro atoms. The molecular formula is C20H19F6N3O2. The van der Waals surface area contributed by atoms with Crippen LogP contribution in [0.4, 0.5) is 42.6 Å². The van der Waals surface area contributed by atoms with Gasteiger partial charge in [0.15, 0.2) is 0 Å². The van der Waals surface area contributed by atoms with Gasteiger partial charge in [0.25, 0.3) is 0 Å². The van der Waals surface area contributed by atoms with Crippen LogP contribution in [0, 0.1) is 0 Å². The first-order valence-corrected chi connectivity index (χ1v) is 9.41. The van der Waals surface area contributed by atoms with Crippen molar-refractivity contribution in [1.82, 2.24) is 4.98 Å². The van der Waals surface area contributed by atoms with E-state index in [9.17, 15) is 31.1 Å². The second-order valence-corrected chi connectivity index (χ2v) is 7.01. The number of urea groups is 1. The molecule has 3 rings (SSSR count). The smallest absolute Gasteiger partial charge is 0.381 e. The van der Waals surface area contributed by atoms with Crippen molar-refractivity contribution in [2.45, 2.75) is 31.1 Å². The van der Waals surface area contributed by atoms with Gasteiger partial charge in [-0.25, -0.2) is 9.78 Å². The van der Waals surface area contributed by atoms with Crippen molar-refractivity contribution in [3.8, 4) is 0 Å². The minimum atomic E-state index is -4.76. The van der Waals surface area contributed by atoms with Crippen molar-refractivity contribution in [3.63, 3.8) is 0 Å². The average molecular weight is 447 g/mol. The number of hydrogen-bond donors (Lipinski definition) is 1. The number of carbonyl (C=O) groups excluding carboxylic acids is 1. The molecule has 1 saturated heterocycles. The van der Waals surface area contributed by atoms with E-state index in [0.717, 1.165) is 18.6 Å². The van der Waals surface area contributed by atoms with Gasteiger partial charge in [0.05, 0.1) is 6.61 Å². The molecule has 11 heteroatoms. The van der Waals surface area contributed by atoms with Crippen LogP contribution >= 0.6 is 0 Å². The summed E-state index contributed by atoms with van der Waals surface area (Å²) in [6.07, 6.45) is -8.11. The van der Waals surface area contributed by atoms with Crippen LogP contribution in [0.2, 0.25) is 0 Å². The Bertz CT molecular complexity index is 910. The predicted octanol–water partition coefficient (Wildman–Crippen LogP) is 5.60.